The molecule has 0 spiro atoms. The summed E-state index contributed by atoms with van der Waals surface area (Å²) in [6.07, 6.45) is -5.48. The number of benzene rings is 7. The average molecular weight is 951 g/mol. The predicted octanol–water partition coefficient (Wildman–Crippen LogP) is 7.73. The molecule has 0 aliphatic heterocycles. The number of alkyl halides is 6. The van der Waals surface area contributed by atoms with Crippen LogP contribution in [0.5, 0.6) is 0 Å². The molecule has 0 fully saturated rings. The van der Waals surface area contributed by atoms with Gasteiger partial charge >= 0.3 is 304 Å². The van der Waals surface area contributed by atoms with E-state index in [0.717, 1.165) is 0 Å². The van der Waals surface area contributed by atoms with Gasteiger partial charge in [0.25, 0.3) is 0 Å². The molecule has 0 amide bonds. The Balaban J connectivity index is 0.000000385. The first kappa shape index (κ1) is 45.1. The van der Waals surface area contributed by atoms with Crippen molar-refractivity contribution in [2.24, 2.45) is 0 Å². The van der Waals surface area contributed by atoms with Gasteiger partial charge in [-0.05, 0) is 0 Å². The third-order valence-electron chi connectivity index (χ3n) is 9.53. The van der Waals surface area contributed by atoms with Crippen LogP contribution in [-0.4, -0.2) is 28.0 Å². The van der Waals surface area contributed by atoms with Crippen LogP contribution in [0.4, 0.5) is 26.3 Å². The molecule has 0 saturated carbocycles. The normalized spacial score (nSPS) is 15.8. The molecule has 7 aromatic carbocycles. The zero-order valence-corrected chi connectivity index (χ0v) is 35.2. The molecule has 7 aromatic rings. The van der Waals surface area contributed by atoms with Crippen molar-refractivity contribution in [3.8, 4) is 0 Å². The molecule has 0 N–H and O–H groups in total. The molecular weight excluding hydrogens is 918 g/mol. The molecule has 309 valence electrons. The second-order valence-electron chi connectivity index (χ2n) is 13.4. The van der Waals surface area contributed by atoms with Crippen LogP contribution in [0.15, 0.2) is 188 Å². The van der Waals surface area contributed by atoms with Gasteiger partial charge in [0.15, 0.2) is 0 Å². The minimum atomic E-state index is -5.19. The van der Waals surface area contributed by atoms with Crippen molar-refractivity contribution >= 4 is 71.2 Å². The van der Waals surface area contributed by atoms with E-state index in [1.807, 2.05) is 0 Å². The maximum atomic E-state index is 10.5. The van der Waals surface area contributed by atoms with Crippen LogP contribution in [0.25, 0.3) is 16.8 Å². The monoisotopic (exact) mass is 951 g/mol. The first-order valence-corrected chi connectivity index (χ1v) is 22.0. The van der Waals surface area contributed by atoms with E-state index in [4.69, 9.17) is 19.8 Å². The van der Waals surface area contributed by atoms with Gasteiger partial charge in [0.05, 0.1) is 0 Å². The van der Waals surface area contributed by atoms with Crippen LogP contribution >= 0.6 is 15.8 Å². The SMILES string of the molecule is O=C([O-])C(F)(F)F.O=C([O-])C(F)(F)F.[Ru+2][C]1(P(c2ccccc2)c2ccccc2)C=Cc2ccccc2C1c1c(P(c2ccccc2)c2ccccc2)ccc2ccccc12. The first-order chi connectivity index (χ1) is 29.1. The zero-order valence-electron chi connectivity index (χ0n) is 31.7. The summed E-state index contributed by atoms with van der Waals surface area (Å²) in [5.41, 5.74) is 4.13. The number of rotatable bonds is 7. The summed E-state index contributed by atoms with van der Waals surface area (Å²) in [6.45, 7) is 0. The van der Waals surface area contributed by atoms with Crippen molar-refractivity contribution in [1.82, 2.24) is 0 Å². The predicted molar refractivity (Wildman–Crippen MR) is 224 cm³/mol. The summed E-state index contributed by atoms with van der Waals surface area (Å²) in [7, 11) is -1.69. The van der Waals surface area contributed by atoms with Gasteiger partial charge in [0.2, 0.25) is 0 Å². The van der Waals surface area contributed by atoms with E-state index < -0.39 is 40.1 Å². The number of carbonyl (C=O) groups is 2. The van der Waals surface area contributed by atoms with Gasteiger partial charge < -0.3 is 19.8 Å². The Kier molecular flexibility index (Phi) is 14.4. The van der Waals surface area contributed by atoms with Gasteiger partial charge in [-0.3, -0.25) is 0 Å². The molecule has 0 saturated heterocycles. The molecule has 0 aromatic heterocycles. The second-order valence-corrected chi connectivity index (χ2v) is 20.1. The number of allylic oxidation sites excluding steroid dienone is 1. The Labute approximate surface area is 360 Å². The molecule has 0 radical (unpaired) electrons. The Morgan fingerprint density at radius 2 is 0.918 bits per heavy atom. The maximum absolute atomic E-state index is 10.5. The minimum absolute atomic E-state index is 0.0881. The molecule has 61 heavy (non-hydrogen) atoms. The van der Waals surface area contributed by atoms with Gasteiger partial charge in [0.1, 0.15) is 11.9 Å². The van der Waals surface area contributed by atoms with Crippen LogP contribution < -0.4 is 36.7 Å². The van der Waals surface area contributed by atoms with Crippen LogP contribution in [0, 0.1) is 0 Å². The van der Waals surface area contributed by atoms with Crippen molar-refractivity contribution in [1.29, 1.82) is 0 Å². The van der Waals surface area contributed by atoms with Crippen LogP contribution in [-0.2, 0) is 27.9 Å². The number of carboxylic acid groups (broad SMARTS) is 2. The van der Waals surface area contributed by atoms with E-state index in [-0.39, 0.29) is 9.67 Å². The molecule has 2 unspecified atom stereocenters. The Morgan fingerprint density at radius 1 is 0.525 bits per heavy atom. The van der Waals surface area contributed by atoms with Crippen LogP contribution in [0.3, 0.4) is 0 Å². The molecular formula is C48H33F6O4P2Ru. The number of carbonyl (C=O) groups excluding carboxylic acids is 2. The quantitative estimate of drug-likeness (QED) is 0.0932. The summed E-state index contributed by atoms with van der Waals surface area (Å²) < 4.78 is 62.8. The van der Waals surface area contributed by atoms with Gasteiger partial charge in [-0.2, -0.15) is 26.3 Å². The Hall–Kier alpha value is -5.46. The number of fused-ring (bicyclic) bond motifs is 2. The van der Waals surface area contributed by atoms with Crippen molar-refractivity contribution in [3.05, 3.63) is 205 Å². The molecule has 2 atom stereocenters. The van der Waals surface area contributed by atoms with E-state index >= 15 is 0 Å². The number of aliphatic carboxylic acids is 2. The van der Waals surface area contributed by atoms with Crippen molar-refractivity contribution in [2.75, 3.05) is 0 Å². The third-order valence-corrected chi connectivity index (χ3v) is 16.7. The topological polar surface area (TPSA) is 80.3 Å². The summed E-state index contributed by atoms with van der Waals surface area (Å²) >= 11 is 3.32. The third kappa shape index (κ3) is 10.5. The zero-order chi connectivity index (χ0) is 43.8. The average Bonchev–Trinajstić information content (AvgIpc) is 3.25. The van der Waals surface area contributed by atoms with E-state index in [0.29, 0.717) is 0 Å². The molecule has 8 rings (SSSR count). The van der Waals surface area contributed by atoms with Crippen LogP contribution in [0.2, 0.25) is 0 Å². The Morgan fingerprint density at radius 3 is 1.38 bits per heavy atom. The van der Waals surface area contributed by atoms with E-state index in [2.05, 4.69) is 212 Å². The summed E-state index contributed by atoms with van der Waals surface area (Å²) in [6, 6.07) is 67.7. The van der Waals surface area contributed by atoms with E-state index in [9.17, 15) is 26.3 Å². The molecule has 1 aliphatic carbocycles. The molecule has 4 nitrogen and oxygen atoms in total. The summed E-state index contributed by atoms with van der Waals surface area (Å²) in [4.78, 5) is 17.6. The number of hydrogen-bond acceptors (Lipinski definition) is 4. The molecule has 0 heterocycles. The first-order valence-electron chi connectivity index (χ1n) is 18.5. The summed E-state index contributed by atoms with van der Waals surface area (Å²) in [5, 5.41) is 27.1. The fourth-order valence-electron chi connectivity index (χ4n) is 7.06. The van der Waals surface area contributed by atoms with Gasteiger partial charge in [-0.25, -0.2) is 0 Å². The van der Waals surface area contributed by atoms with E-state index in [1.165, 1.54) is 54.0 Å². The fourth-order valence-corrected chi connectivity index (χ4v) is 14.3. The molecule has 1 aliphatic rings. The number of hydrogen-bond donors (Lipinski definition) is 0. The van der Waals surface area contributed by atoms with Gasteiger partial charge in [-0.1, -0.05) is 0 Å². The van der Waals surface area contributed by atoms with Crippen molar-refractivity contribution < 1.29 is 64.4 Å². The Bertz CT molecular complexity index is 2510. The van der Waals surface area contributed by atoms with E-state index in [1.54, 1.807) is 0 Å². The van der Waals surface area contributed by atoms with Gasteiger partial charge in [-0.15, -0.1) is 0 Å². The number of halogens is 6. The van der Waals surface area contributed by atoms with Gasteiger partial charge in [0, 0.05) is 0 Å². The van der Waals surface area contributed by atoms with Crippen molar-refractivity contribution in [2.45, 2.75) is 22.0 Å². The standard InChI is InChI=1S/C44H33P2.2C2HF3O2.Ru/c1-5-19-35(20-6-1)45(36-21-7-2-8-22-36)41-31-29-33-17-13-15-27-39(33)43(41)44-40-28-16-14-18-34(40)30-32-42(44)46(37-23-9-3-10-24-37)38-25-11-4-12-26-38;2*3-2(4,5)1(6)7;/h1-32,43H;2*(H,6,7);/q;;;+2/p-2. The summed E-state index contributed by atoms with van der Waals surface area (Å²) in [5.74, 6) is -5.93. The fraction of sp³-hybridized carbons (Fsp3) is 0.0833. The number of carboxylic acids is 2. The second kappa shape index (κ2) is 19.5. The molecule has 13 heteroatoms. The van der Waals surface area contributed by atoms with Crippen molar-refractivity contribution in [3.63, 3.8) is 0 Å². The van der Waals surface area contributed by atoms with Crippen LogP contribution in [0.1, 0.15) is 22.6 Å². The molecule has 0 bridgehead atoms.